The van der Waals surface area contributed by atoms with Gasteiger partial charge in [-0.25, -0.2) is 4.79 Å². The van der Waals surface area contributed by atoms with Crippen LogP contribution in [0.4, 0.5) is 0 Å². The predicted molar refractivity (Wildman–Crippen MR) is 66.1 cm³/mol. The minimum Gasteiger partial charge on any atom is -0.467 e. The van der Waals surface area contributed by atoms with E-state index in [0.717, 1.165) is 18.5 Å². The molecule has 1 rings (SSSR count). The van der Waals surface area contributed by atoms with E-state index in [1.807, 2.05) is 6.92 Å². The summed E-state index contributed by atoms with van der Waals surface area (Å²) in [6, 6.07) is 1.69. The molecule has 100 valence electrons. The lowest BCUT2D eigenvalue weighted by Gasteiger charge is -2.22. The van der Waals surface area contributed by atoms with Crippen LogP contribution in [0.2, 0.25) is 0 Å². The van der Waals surface area contributed by atoms with E-state index in [1.165, 1.54) is 7.11 Å². The second-order valence-electron chi connectivity index (χ2n) is 4.60. The number of hydrogen-bond acceptors (Lipinski definition) is 4. The zero-order valence-electron chi connectivity index (χ0n) is 11.2. The van der Waals surface area contributed by atoms with Crippen LogP contribution in [-0.4, -0.2) is 34.7 Å². The summed E-state index contributed by atoms with van der Waals surface area (Å²) in [5.74, 6) is -0.899. The van der Waals surface area contributed by atoms with Gasteiger partial charge < -0.3 is 10.1 Å². The molecule has 0 bridgehead atoms. The van der Waals surface area contributed by atoms with E-state index < -0.39 is 17.4 Å². The number of esters is 1. The number of nitrogens with one attached hydrogen (secondary N) is 2. The molecule has 2 N–H and O–H groups in total. The first-order valence-corrected chi connectivity index (χ1v) is 5.86. The van der Waals surface area contributed by atoms with Gasteiger partial charge in [0, 0.05) is 5.69 Å². The fourth-order valence-corrected chi connectivity index (χ4v) is 1.53. The van der Waals surface area contributed by atoms with Gasteiger partial charge in [0.1, 0.15) is 11.2 Å². The minimum atomic E-state index is -1.07. The van der Waals surface area contributed by atoms with Crippen LogP contribution >= 0.6 is 0 Å². The molecule has 1 heterocycles. The molecule has 0 aliphatic rings. The quantitative estimate of drug-likeness (QED) is 0.768. The average Bonchev–Trinajstić information content (AvgIpc) is 2.76. The highest BCUT2D eigenvalue weighted by Crippen LogP contribution is 2.08. The summed E-state index contributed by atoms with van der Waals surface area (Å²) in [6.45, 7) is 5.20. The van der Waals surface area contributed by atoms with Crippen molar-refractivity contribution in [1.29, 1.82) is 0 Å². The van der Waals surface area contributed by atoms with Gasteiger partial charge in [-0.2, -0.15) is 5.10 Å². The molecule has 1 amide bonds. The summed E-state index contributed by atoms with van der Waals surface area (Å²) in [7, 11) is 1.28. The topological polar surface area (TPSA) is 84.1 Å². The number of carbonyl (C=O) groups excluding carboxylic acids is 2. The van der Waals surface area contributed by atoms with E-state index in [-0.39, 0.29) is 5.69 Å². The first-order valence-electron chi connectivity index (χ1n) is 5.86. The zero-order chi connectivity index (χ0) is 13.8. The number of rotatable bonds is 5. The summed E-state index contributed by atoms with van der Waals surface area (Å²) in [5, 5.41) is 9.29. The van der Waals surface area contributed by atoms with Crippen LogP contribution in [-0.2, 0) is 16.0 Å². The summed E-state index contributed by atoms with van der Waals surface area (Å²) in [4.78, 5) is 23.3. The molecule has 0 fully saturated rings. The smallest absolute Gasteiger partial charge is 0.330 e. The molecule has 0 saturated heterocycles. The third-order valence-electron chi connectivity index (χ3n) is 2.50. The number of amides is 1. The Morgan fingerprint density at radius 3 is 2.72 bits per heavy atom. The highest BCUT2D eigenvalue weighted by atomic mass is 16.5. The van der Waals surface area contributed by atoms with E-state index in [0.29, 0.717) is 0 Å². The zero-order valence-corrected chi connectivity index (χ0v) is 11.2. The molecule has 0 saturated carbocycles. The third-order valence-corrected chi connectivity index (χ3v) is 2.50. The van der Waals surface area contributed by atoms with Crippen molar-refractivity contribution >= 4 is 11.9 Å². The number of ether oxygens (including phenoxy) is 1. The Bertz CT molecular complexity index is 438. The molecule has 6 heteroatoms. The number of H-pyrrole nitrogens is 1. The van der Waals surface area contributed by atoms with Gasteiger partial charge in [-0.3, -0.25) is 9.89 Å². The molecule has 6 nitrogen and oxygen atoms in total. The first kappa shape index (κ1) is 14.2. The van der Waals surface area contributed by atoms with Crippen molar-refractivity contribution in [3.63, 3.8) is 0 Å². The fraction of sp³-hybridized carbons (Fsp3) is 0.583. The van der Waals surface area contributed by atoms with E-state index in [2.05, 4.69) is 20.3 Å². The number of methoxy groups -OCH3 is 1. The first-order chi connectivity index (χ1) is 8.40. The van der Waals surface area contributed by atoms with Crippen molar-refractivity contribution in [2.75, 3.05) is 7.11 Å². The lowest BCUT2D eigenvalue weighted by Crippen LogP contribution is -2.50. The molecule has 0 radical (unpaired) electrons. The molecule has 0 spiro atoms. The standard InChI is InChI=1S/C12H19N3O3/c1-5-6-8-7-9(15-14-8)10(16)13-12(2,3)11(17)18-4/h7H,5-6H2,1-4H3,(H,13,16)(H,14,15). The Kier molecular flexibility index (Phi) is 4.47. The minimum absolute atomic E-state index is 0.274. The van der Waals surface area contributed by atoms with Crippen molar-refractivity contribution < 1.29 is 14.3 Å². The predicted octanol–water partition coefficient (Wildman–Crippen LogP) is 1.04. The van der Waals surface area contributed by atoms with Gasteiger partial charge in [-0.15, -0.1) is 0 Å². The Hall–Kier alpha value is -1.85. The van der Waals surface area contributed by atoms with Crippen LogP contribution < -0.4 is 5.32 Å². The van der Waals surface area contributed by atoms with Crippen LogP contribution in [0.25, 0.3) is 0 Å². The lowest BCUT2D eigenvalue weighted by molar-refractivity contribution is -0.146. The SMILES string of the molecule is CCCc1cc(C(=O)NC(C)(C)C(=O)OC)n[nH]1. The van der Waals surface area contributed by atoms with Gasteiger partial charge in [-0.1, -0.05) is 13.3 Å². The molecule has 0 aliphatic heterocycles. The Morgan fingerprint density at radius 2 is 2.17 bits per heavy atom. The largest absolute Gasteiger partial charge is 0.467 e. The van der Waals surface area contributed by atoms with E-state index in [4.69, 9.17) is 0 Å². The average molecular weight is 253 g/mol. The van der Waals surface area contributed by atoms with E-state index in [9.17, 15) is 9.59 Å². The van der Waals surface area contributed by atoms with Crippen molar-refractivity contribution in [2.45, 2.75) is 39.2 Å². The maximum atomic E-state index is 11.9. The van der Waals surface area contributed by atoms with E-state index >= 15 is 0 Å². The molecule has 0 aromatic carbocycles. The Morgan fingerprint density at radius 1 is 1.50 bits per heavy atom. The fourth-order valence-electron chi connectivity index (χ4n) is 1.53. The number of aromatic nitrogens is 2. The van der Waals surface area contributed by atoms with Gasteiger partial charge in [0.25, 0.3) is 5.91 Å². The maximum Gasteiger partial charge on any atom is 0.330 e. The van der Waals surface area contributed by atoms with Crippen molar-refractivity contribution in [1.82, 2.24) is 15.5 Å². The summed E-state index contributed by atoms with van der Waals surface area (Å²) in [6.07, 6.45) is 1.80. The van der Waals surface area contributed by atoms with Crippen molar-refractivity contribution in [3.8, 4) is 0 Å². The number of hydrogen-bond donors (Lipinski definition) is 2. The number of aryl methyl sites for hydroxylation is 1. The molecular formula is C12H19N3O3. The van der Waals surface area contributed by atoms with Crippen LogP contribution in [0.5, 0.6) is 0 Å². The Balaban J connectivity index is 2.72. The van der Waals surface area contributed by atoms with Gasteiger partial charge in [-0.05, 0) is 26.3 Å². The van der Waals surface area contributed by atoms with Crippen LogP contribution in [0.1, 0.15) is 43.4 Å². The highest BCUT2D eigenvalue weighted by molar-refractivity contribution is 5.96. The van der Waals surface area contributed by atoms with Crippen LogP contribution in [0.15, 0.2) is 6.07 Å². The Labute approximate surface area is 106 Å². The molecular weight excluding hydrogens is 234 g/mol. The summed E-state index contributed by atoms with van der Waals surface area (Å²) in [5.41, 5.74) is 0.101. The maximum absolute atomic E-state index is 11.9. The summed E-state index contributed by atoms with van der Waals surface area (Å²) >= 11 is 0. The van der Waals surface area contributed by atoms with Gasteiger partial charge in [0.15, 0.2) is 0 Å². The third kappa shape index (κ3) is 3.32. The lowest BCUT2D eigenvalue weighted by atomic mass is 10.1. The van der Waals surface area contributed by atoms with Gasteiger partial charge >= 0.3 is 5.97 Å². The molecule has 1 aromatic rings. The second-order valence-corrected chi connectivity index (χ2v) is 4.60. The van der Waals surface area contributed by atoms with Crippen LogP contribution in [0, 0.1) is 0 Å². The monoisotopic (exact) mass is 253 g/mol. The number of aromatic amines is 1. The molecule has 0 aliphatic carbocycles. The van der Waals surface area contributed by atoms with Gasteiger partial charge in [0.05, 0.1) is 7.11 Å². The normalized spacial score (nSPS) is 11.1. The van der Waals surface area contributed by atoms with Crippen molar-refractivity contribution in [2.24, 2.45) is 0 Å². The van der Waals surface area contributed by atoms with Crippen LogP contribution in [0.3, 0.4) is 0 Å². The second kappa shape index (κ2) is 5.66. The number of carbonyl (C=O) groups is 2. The summed E-state index contributed by atoms with van der Waals surface area (Å²) < 4.78 is 4.61. The molecule has 0 unspecified atom stereocenters. The molecule has 1 aromatic heterocycles. The highest BCUT2D eigenvalue weighted by Gasteiger charge is 2.31. The molecule has 18 heavy (non-hydrogen) atoms. The molecule has 0 atom stereocenters. The number of nitrogens with zero attached hydrogens (tertiary/aromatic N) is 1. The van der Waals surface area contributed by atoms with E-state index in [1.54, 1.807) is 19.9 Å². The van der Waals surface area contributed by atoms with Gasteiger partial charge in [0.2, 0.25) is 0 Å². The van der Waals surface area contributed by atoms with Crippen molar-refractivity contribution in [3.05, 3.63) is 17.5 Å².